The average molecular weight is 408 g/mol. The van der Waals surface area contributed by atoms with Crippen LogP contribution >= 0.6 is 0 Å². The summed E-state index contributed by atoms with van der Waals surface area (Å²) in [6.45, 7) is 5.71. The molecule has 1 fully saturated rings. The first-order valence-corrected chi connectivity index (χ1v) is 10.2. The Morgan fingerprint density at radius 1 is 0.933 bits per heavy atom. The molecule has 156 valence electrons. The maximum absolute atomic E-state index is 5.86. The molecule has 2 aromatic carbocycles. The summed E-state index contributed by atoms with van der Waals surface area (Å²) in [5.74, 6) is 3.14. The molecule has 0 saturated carbocycles. The van der Waals surface area contributed by atoms with E-state index in [1.165, 1.54) is 0 Å². The van der Waals surface area contributed by atoms with Gasteiger partial charge in [0.15, 0.2) is 11.5 Å². The Bertz CT molecular complexity index is 972. The van der Waals surface area contributed by atoms with Crippen LogP contribution in [0.15, 0.2) is 48.5 Å². The molecule has 0 spiro atoms. The molecule has 0 amide bonds. The lowest BCUT2D eigenvalue weighted by Gasteiger charge is -2.34. The molecule has 30 heavy (non-hydrogen) atoms. The first-order valence-electron chi connectivity index (χ1n) is 10.2. The lowest BCUT2D eigenvalue weighted by Crippen LogP contribution is -2.47. The number of para-hydroxylation sites is 1. The Morgan fingerprint density at radius 2 is 1.77 bits per heavy atom. The van der Waals surface area contributed by atoms with Gasteiger partial charge in [0, 0.05) is 38.8 Å². The molecule has 3 heterocycles. The SMILES string of the molecule is c1ccc(-n2nnnc2N2CCN(CCCOc3ccc4c(c3)OCO4)CC2)cc1. The lowest BCUT2D eigenvalue weighted by atomic mass is 10.3. The zero-order valence-corrected chi connectivity index (χ0v) is 16.7. The van der Waals surface area contributed by atoms with Crippen molar-refractivity contribution in [3.8, 4) is 22.9 Å². The summed E-state index contributed by atoms with van der Waals surface area (Å²) in [7, 11) is 0. The van der Waals surface area contributed by atoms with Gasteiger partial charge in [-0.05, 0) is 41.1 Å². The summed E-state index contributed by atoms with van der Waals surface area (Å²) < 4.78 is 18.4. The van der Waals surface area contributed by atoms with E-state index in [-0.39, 0.29) is 6.79 Å². The Balaban J connectivity index is 1.08. The maximum Gasteiger partial charge on any atom is 0.250 e. The number of benzene rings is 2. The van der Waals surface area contributed by atoms with Crippen molar-refractivity contribution < 1.29 is 14.2 Å². The van der Waals surface area contributed by atoms with Crippen LogP contribution in [0.4, 0.5) is 5.95 Å². The second-order valence-corrected chi connectivity index (χ2v) is 7.27. The molecule has 5 rings (SSSR count). The van der Waals surface area contributed by atoms with Gasteiger partial charge in [0.1, 0.15) is 5.75 Å². The van der Waals surface area contributed by atoms with Crippen molar-refractivity contribution in [2.75, 3.05) is 51.0 Å². The normalized spacial score (nSPS) is 16.1. The average Bonchev–Trinajstić information content (AvgIpc) is 3.47. The number of hydrogen-bond acceptors (Lipinski definition) is 8. The topological polar surface area (TPSA) is 77.8 Å². The lowest BCUT2D eigenvalue weighted by molar-refractivity contribution is 0.173. The number of tetrazole rings is 1. The van der Waals surface area contributed by atoms with Crippen LogP contribution in [0.25, 0.3) is 5.69 Å². The van der Waals surface area contributed by atoms with Crippen molar-refractivity contribution in [2.24, 2.45) is 0 Å². The smallest absolute Gasteiger partial charge is 0.250 e. The van der Waals surface area contributed by atoms with Crippen molar-refractivity contribution in [2.45, 2.75) is 6.42 Å². The number of ether oxygens (including phenoxy) is 3. The predicted molar refractivity (Wildman–Crippen MR) is 110 cm³/mol. The van der Waals surface area contributed by atoms with Crippen molar-refractivity contribution in [1.82, 2.24) is 25.1 Å². The van der Waals surface area contributed by atoms with E-state index in [9.17, 15) is 0 Å². The van der Waals surface area contributed by atoms with Crippen LogP contribution in [-0.2, 0) is 0 Å². The van der Waals surface area contributed by atoms with Crippen LogP contribution in [0.2, 0.25) is 0 Å². The van der Waals surface area contributed by atoms with Gasteiger partial charge in [-0.25, -0.2) is 0 Å². The quantitative estimate of drug-likeness (QED) is 0.550. The van der Waals surface area contributed by atoms with E-state index in [4.69, 9.17) is 14.2 Å². The van der Waals surface area contributed by atoms with Gasteiger partial charge in [0.2, 0.25) is 12.7 Å². The molecule has 2 aliphatic heterocycles. The fraction of sp³-hybridized carbons (Fsp3) is 0.381. The third-order valence-electron chi connectivity index (χ3n) is 5.34. The largest absolute Gasteiger partial charge is 0.493 e. The monoisotopic (exact) mass is 408 g/mol. The number of aromatic nitrogens is 4. The molecular weight excluding hydrogens is 384 g/mol. The molecule has 2 aliphatic rings. The minimum Gasteiger partial charge on any atom is -0.493 e. The van der Waals surface area contributed by atoms with Crippen molar-refractivity contribution >= 4 is 5.95 Å². The molecule has 0 atom stereocenters. The predicted octanol–water partition coefficient (Wildman–Crippen LogP) is 1.98. The highest BCUT2D eigenvalue weighted by Gasteiger charge is 2.22. The molecule has 0 N–H and O–H groups in total. The highest BCUT2D eigenvalue weighted by atomic mass is 16.7. The van der Waals surface area contributed by atoms with Gasteiger partial charge in [0.25, 0.3) is 0 Å². The third-order valence-corrected chi connectivity index (χ3v) is 5.34. The number of hydrogen-bond donors (Lipinski definition) is 0. The molecule has 9 heteroatoms. The summed E-state index contributed by atoms with van der Waals surface area (Å²) in [6, 6.07) is 15.7. The van der Waals surface area contributed by atoms with Crippen LogP contribution in [0, 0.1) is 0 Å². The Hall–Kier alpha value is -3.33. The van der Waals surface area contributed by atoms with Crippen molar-refractivity contribution in [3.05, 3.63) is 48.5 Å². The van der Waals surface area contributed by atoms with E-state index in [1.54, 1.807) is 4.68 Å². The van der Waals surface area contributed by atoms with Crippen LogP contribution < -0.4 is 19.1 Å². The Labute approximate surface area is 174 Å². The summed E-state index contributed by atoms with van der Waals surface area (Å²) in [4.78, 5) is 4.70. The first-order chi connectivity index (χ1) is 14.9. The zero-order valence-electron chi connectivity index (χ0n) is 16.7. The van der Waals surface area contributed by atoms with Gasteiger partial charge in [0.05, 0.1) is 12.3 Å². The highest BCUT2D eigenvalue weighted by Crippen LogP contribution is 2.35. The number of anilines is 1. The Kier molecular flexibility index (Phi) is 5.34. The highest BCUT2D eigenvalue weighted by molar-refractivity contribution is 5.46. The summed E-state index contributed by atoms with van der Waals surface area (Å²) >= 11 is 0. The molecule has 0 radical (unpaired) electrons. The summed E-state index contributed by atoms with van der Waals surface area (Å²) in [6.07, 6.45) is 0.968. The van der Waals surface area contributed by atoms with Crippen LogP contribution in [0.1, 0.15) is 6.42 Å². The number of rotatable bonds is 7. The molecule has 1 saturated heterocycles. The van der Waals surface area contributed by atoms with E-state index in [1.807, 2.05) is 48.5 Å². The standard InChI is InChI=1S/C21H24N6O3/c1-2-5-17(6-3-1)27-21(22-23-24-27)26-12-10-25(11-13-26)9-4-14-28-18-7-8-19-20(15-18)30-16-29-19/h1-3,5-8,15H,4,9-14,16H2. The van der Waals surface area contributed by atoms with E-state index in [2.05, 4.69) is 25.3 Å². The fourth-order valence-corrected chi connectivity index (χ4v) is 3.73. The molecule has 3 aromatic rings. The third kappa shape index (κ3) is 4.02. The minimum absolute atomic E-state index is 0.280. The molecule has 9 nitrogen and oxygen atoms in total. The number of fused-ring (bicyclic) bond motifs is 1. The van der Waals surface area contributed by atoms with E-state index in [0.717, 1.165) is 68.0 Å². The molecule has 0 bridgehead atoms. The summed E-state index contributed by atoms with van der Waals surface area (Å²) in [5, 5.41) is 12.3. The fourth-order valence-electron chi connectivity index (χ4n) is 3.73. The van der Waals surface area contributed by atoms with Gasteiger partial charge in [-0.3, -0.25) is 4.90 Å². The molecule has 1 aromatic heterocycles. The second kappa shape index (κ2) is 8.58. The van der Waals surface area contributed by atoms with Crippen molar-refractivity contribution in [1.29, 1.82) is 0 Å². The Morgan fingerprint density at radius 3 is 2.63 bits per heavy atom. The summed E-state index contributed by atoms with van der Waals surface area (Å²) in [5.41, 5.74) is 0.973. The molecular formula is C21H24N6O3. The second-order valence-electron chi connectivity index (χ2n) is 7.27. The van der Waals surface area contributed by atoms with Crippen LogP contribution in [0.5, 0.6) is 17.2 Å². The maximum atomic E-state index is 5.86. The number of nitrogens with zero attached hydrogens (tertiary/aromatic N) is 6. The van der Waals surface area contributed by atoms with Gasteiger partial charge >= 0.3 is 0 Å². The number of piperazine rings is 1. The zero-order chi connectivity index (χ0) is 20.2. The molecule has 0 unspecified atom stereocenters. The van der Waals surface area contributed by atoms with Gasteiger partial charge in [-0.15, -0.1) is 0 Å². The van der Waals surface area contributed by atoms with E-state index < -0.39 is 0 Å². The van der Waals surface area contributed by atoms with Crippen LogP contribution in [-0.4, -0.2) is 71.2 Å². The molecule has 0 aliphatic carbocycles. The van der Waals surface area contributed by atoms with Crippen molar-refractivity contribution in [3.63, 3.8) is 0 Å². The van der Waals surface area contributed by atoms with Crippen LogP contribution in [0.3, 0.4) is 0 Å². The van der Waals surface area contributed by atoms with Gasteiger partial charge in [-0.2, -0.15) is 4.68 Å². The van der Waals surface area contributed by atoms with Gasteiger partial charge in [-0.1, -0.05) is 23.3 Å². The van der Waals surface area contributed by atoms with Gasteiger partial charge < -0.3 is 19.1 Å². The minimum atomic E-state index is 0.280. The van der Waals surface area contributed by atoms with E-state index in [0.29, 0.717) is 6.61 Å². The first kappa shape index (κ1) is 18.7. The van der Waals surface area contributed by atoms with E-state index >= 15 is 0 Å².